The number of rotatable bonds is 4. The second-order valence-corrected chi connectivity index (χ2v) is 3.38. The standard InChI is InChI=1S/C6H10O5.C4F6O3/c1-9-3-5(7)11-6(8)4-10-2;5-3(6,7)1(11)13-2(12)4(8,9)10/h3-4H2,1-2H3;. The molecule has 0 heterocycles. The van der Waals surface area contributed by atoms with Crippen molar-refractivity contribution in [1.82, 2.24) is 0 Å². The predicted octanol–water partition coefficient (Wildman–Crippen LogP) is 0.530. The van der Waals surface area contributed by atoms with Gasteiger partial charge >= 0.3 is 36.2 Å². The zero-order valence-electron chi connectivity index (χ0n) is 11.9. The molecule has 0 saturated carbocycles. The minimum absolute atomic E-state index is 0.227. The molecule has 140 valence electrons. The summed E-state index contributed by atoms with van der Waals surface area (Å²) < 4.78 is 82.7. The maximum absolute atomic E-state index is 11.2. The van der Waals surface area contributed by atoms with Gasteiger partial charge in [0.1, 0.15) is 13.2 Å². The summed E-state index contributed by atoms with van der Waals surface area (Å²) in [5.74, 6) is -7.83. The molecule has 0 amide bonds. The summed E-state index contributed by atoms with van der Waals surface area (Å²) in [5, 5.41) is 0. The smallest absolute Gasteiger partial charge is 0.390 e. The fourth-order valence-corrected chi connectivity index (χ4v) is 0.622. The van der Waals surface area contributed by atoms with E-state index in [1.165, 1.54) is 14.2 Å². The lowest BCUT2D eigenvalue weighted by Gasteiger charge is -2.06. The van der Waals surface area contributed by atoms with Gasteiger partial charge in [-0.3, -0.25) is 0 Å². The summed E-state index contributed by atoms with van der Waals surface area (Å²) in [5.41, 5.74) is 0. The van der Waals surface area contributed by atoms with Crippen LogP contribution in [-0.4, -0.2) is 63.7 Å². The number of carbonyl (C=O) groups is 4. The average molecular weight is 372 g/mol. The summed E-state index contributed by atoms with van der Waals surface area (Å²) in [6.45, 7) is -0.453. The Morgan fingerprint density at radius 1 is 0.667 bits per heavy atom. The Kier molecular flexibility index (Phi) is 10.6. The van der Waals surface area contributed by atoms with E-state index in [0.29, 0.717) is 0 Å². The molecule has 24 heavy (non-hydrogen) atoms. The molecular formula is C10H10F6O8. The van der Waals surface area contributed by atoms with Crippen molar-refractivity contribution in [3.63, 3.8) is 0 Å². The van der Waals surface area contributed by atoms with E-state index >= 15 is 0 Å². The molecule has 0 saturated heterocycles. The Bertz CT molecular complexity index is 415. The summed E-state index contributed by atoms with van der Waals surface area (Å²) in [7, 11) is 2.67. The number of esters is 4. The van der Waals surface area contributed by atoms with Crippen molar-refractivity contribution >= 4 is 23.9 Å². The first-order valence-corrected chi connectivity index (χ1v) is 5.37. The molecule has 0 aliphatic rings. The lowest BCUT2D eigenvalue weighted by molar-refractivity contribution is -0.221. The van der Waals surface area contributed by atoms with E-state index < -0.39 is 36.2 Å². The number of methoxy groups -OCH3 is 2. The molecule has 0 N–H and O–H groups in total. The highest BCUT2D eigenvalue weighted by molar-refractivity contribution is 5.90. The Labute approximate surface area is 129 Å². The van der Waals surface area contributed by atoms with Crippen LogP contribution in [0, 0.1) is 0 Å². The summed E-state index contributed by atoms with van der Waals surface area (Å²) in [4.78, 5) is 40.3. The average Bonchev–Trinajstić information content (AvgIpc) is 2.37. The molecule has 0 aliphatic carbocycles. The summed E-state index contributed by atoms with van der Waals surface area (Å²) >= 11 is 0. The van der Waals surface area contributed by atoms with Gasteiger partial charge in [0.2, 0.25) is 0 Å². The minimum atomic E-state index is -5.62. The molecule has 0 fully saturated rings. The molecular weight excluding hydrogens is 362 g/mol. The van der Waals surface area contributed by atoms with E-state index in [-0.39, 0.29) is 13.2 Å². The Morgan fingerprint density at radius 2 is 0.958 bits per heavy atom. The van der Waals surface area contributed by atoms with Gasteiger partial charge in [0.25, 0.3) is 0 Å². The van der Waals surface area contributed by atoms with Gasteiger partial charge in [-0.2, -0.15) is 26.3 Å². The van der Waals surface area contributed by atoms with Crippen LogP contribution in [0.15, 0.2) is 0 Å². The monoisotopic (exact) mass is 372 g/mol. The van der Waals surface area contributed by atoms with Crippen molar-refractivity contribution < 1.29 is 64.5 Å². The van der Waals surface area contributed by atoms with E-state index in [1.54, 1.807) is 0 Å². The van der Waals surface area contributed by atoms with Crippen LogP contribution in [0.25, 0.3) is 0 Å². The molecule has 0 atom stereocenters. The normalized spacial score (nSPS) is 11.0. The maximum Gasteiger partial charge on any atom is 0.491 e. The van der Waals surface area contributed by atoms with Crippen molar-refractivity contribution in [2.75, 3.05) is 27.4 Å². The van der Waals surface area contributed by atoms with E-state index in [4.69, 9.17) is 0 Å². The van der Waals surface area contributed by atoms with Gasteiger partial charge in [-0.1, -0.05) is 0 Å². The highest BCUT2D eigenvalue weighted by Gasteiger charge is 2.49. The van der Waals surface area contributed by atoms with Crippen LogP contribution in [0.4, 0.5) is 26.3 Å². The Hall–Kier alpha value is -2.22. The van der Waals surface area contributed by atoms with Crippen LogP contribution in [0.1, 0.15) is 0 Å². The number of alkyl halides is 6. The van der Waals surface area contributed by atoms with E-state index in [1.807, 2.05) is 0 Å². The maximum atomic E-state index is 11.2. The van der Waals surface area contributed by atoms with Gasteiger partial charge in [-0.15, -0.1) is 0 Å². The van der Waals surface area contributed by atoms with Crippen LogP contribution in [0.3, 0.4) is 0 Å². The zero-order chi connectivity index (χ0) is 19.6. The third-order valence-corrected chi connectivity index (χ3v) is 1.40. The second kappa shape index (κ2) is 10.5. The molecule has 0 aromatic rings. The molecule has 0 aromatic heterocycles. The van der Waals surface area contributed by atoms with Gasteiger partial charge in [0, 0.05) is 14.2 Å². The van der Waals surface area contributed by atoms with Crippen LogP contribution in [0.5, 0.6) is 0 Å². The van der Waals surface area contributed by atoms with Crippen LogP contribution in [0.2, 0.25) is 0 Å². The topological polar surface area (TPSA) is 105 Å². The molecule has 0 spiro atoms. The van der Waals surface area contributed by atoms with Gasteiger partial charge in [-0.05, 0) is 0 Å². The first-order valence-electron chi connectivity index (χ1n) is 5.37. The molecule has 0 aromatic carbocycles. The Morgan fingerprint density at radius 3 is 1.17 bits per heavy atom. The van der Waals surface area contributed by atoms with Crippen LogP contribution >= 0.6 is 0 Å². The number of carbonyl (C=O) groups excluding carboxylic acids is 4. The molecule has 0 unspecified atom stereocenters. The van der Waals surface area contributed by atoms with Gasteiger partial charge < -0.3 is 18.9 Å². The fourth-order valence-electron chi connectivity index (χ4n) is 0.622. The first-order chi connectivity index (χ1) is 10.8. The third-order valence-electron chi connectivity index (χ3n) is 1.40. The molecule has 14 heteroatoms. The number of ether oxygens (including phenoxy) is 4. The molecule has 8 nitrogen and oxygen atoms in total. The quantitative estimate of drug-likeness (QED) is 0.400. The van der Waals surface area contributed by atoms with Crippen molar-refractivity contribution in [3.8, 4) is 0 Å². The molecule has 0 rings (SSSR count). The molecule has 0 aliphatic heterocycles. The minimum Gasteiger partial charge on any atom is -0.390 e. The largest absolute Gasteiger partial charge is 0.491 e. The highest BCUT2D eigenvalue weighted by atomic mass is 19.4. The van der Waals surface area contributed by atoms with Crippen molar-refractivity contribution in [2.24, 2.45) is 0 Å². The van der Waals surface area contributed by atoms with Gasteiger partial charge in [0.15, 0.2) is 0 Å². The van der Waals surface area contributed by atoms with E-state index in [2.05, 4.69) is 18.9 Å². The second-order valence-electron chi connectivity index (χ2n) is 3.38. The van der Waals surface area contributed by atoms with Crippen LogP contribution in [-0.2, 0) is 38.1 Å². The SMILES string of the molecule is COCC(=O)OC(=O)COC.O=C(OC(=O)C(F)(F)F)C(F)(F)F. The Balaban J connectivity index is 0. The van der Waals surface area contributed by atoms with Crippen molar-refractivity contribution in [3.05, 3.63) is 0 Å². The van der Waals surface area contributed by atoms with Crippen molar-refractivity contribution in [1.29, 1.82) is 0 Å². The zero-order valence-corrected chi connectivity index (χ0v) is 11.9. The third kappa shape index (κ3) is 12.3. The van der Waals surface area contributed by atoms with Gasteiger partial charge in [-0.25, -0.2) is 19.2 Å². The first kappa shape index (κ1) is 24.0. The number of hydrogen-bond acceptors (Lipinski definition) is 8. The fraction of sp³-hybridized carbons (Fsp3) is 0.600. The molecule has 0 bridgehead atoms. The lowest BCUT2D eigenvalue weighted by atomic mass is 10.6. The van der Waals surface area contributed by atoms with Crippen molar-refractivity contribution in [2.45, 2.75) is 12.4 Å². The summed E-state index contributed by atoms with van der Waals surface area (Å²) in [6.07, 6.45) is -11.2. The number of hydrogen-bond donors (Lipinski definition) is 0. The van der Waals surface area contributed by atoms with E-state index in [9.17, 15) is 45.5 Å². The predicted molar refractivity (Wildman–Crippen MR) is 58.1 cm³/mol. The number of halogens is 6. The van der Waals surface area contributed by atoms with E-state index in [0.717, 1.165) is 0 Å². The highest BCUT2D eigenvalue weighted by Crippen LogP contribution is 2.21. The molecule has 0 radical (unpaired) electrons. The lowest BCUT2D eigenvalue weighted by Crippen LogP contribution is -2.34. The van der Waals surface area contributed by atoms with Crippen LogP contribution < -0.4 is 0 Å². The summed E-state index contributed by atoms with van der Waals surface area (Å²) in [6, 6.07) is 0. The van der Waals surface area contributed by atoms with Gasteiger partial charge in [0.05, 0.1) is 0 Å².